The Kier molecular flexibility index (Phi) is 5.41. The van der Waals surface area contributed by atoms with E-state index in [2.05, 4.69) is 52.8 Å². The second-order valence-electron chi connectivity index (χ2n) is 11.6. The SMILES string of the molecule is CC(C)CCCC(C)C1CCC2C3CCC4=CCC=CC4(C)C3CCC12C. The molecule has 27 heavy (non-hydrogen) atoms. The summed E-state index contributed by atoms with van der Waals surface area (Å²) in [5.41, 5.74) is 2.81. The summed E-state index contributed by atoms with van der Waals surface area (Å²) in [6.45, 7) is 12.7. The molecule has 7 atom stereocenters. The molecule has 4 aliphatic carbocycles. The molecule has 0 heteroatoms. The van der Waals surface area contributed by atoms with Gasteiger partial charge >= 0.3 is 0 Å². The van der Waals surface area contributed by atoms with Gasteiger partial charge in [-0.2, -0.15) is 0 Å². The molecule has 0 aromatic rings. The molecule has 4 rings (SSSR count). The van der Waals surface area contributed by atoms with Crippen LogP contribution in [0.5, 0.6) is 0 Å². The van der Waals surface area contributed by atoms with Crippen LogP contribution < -0.4 is 0 Å². The van der Waals surface area contributed by atoms with E-state index in [0.29, 0.717) is 10.8 Å². The Morgan fingerprint density at radius 3 is 2.59 bits per heavy atom. The fourth-order valence-corrected chi connectivity index (χ4v) is 8.36. The zero-order valence-corrected chi connectivity index (χ0v) is 18.8. The van der Waals surface area contributed by atoms with Crippen LogP contribution >= 0.6 is 0 Å². The Morgan fingerprint density at radius 1 is 1.00 bits per heavy atom. The van der Waals surface area contributed by atoms with Gasteiger partial charge in [0.25, 0.3) is 0 Å². The van der Waals surface area contributed by atoms with E-state index >= 15 is 0 Å². The molecular weight excluding hydrogens is 324 g/mol. The van der Waals surface area contributed by atoms with Crippen molar-refractivity contribution in [3.05, 3.63) is 23.8 Å². The van der Waals surface area contributed by atoms with Crippen LogP contribution in [-0.4, -0.2) is 0 Å². The third kappa shape index (κ3) is 3.28. The van der Waals surface area contributed by atoms with Gasteiger partial charge < -0.3 is 0 Å². The van der Waals surface area contributed by atoms with Gasteiger partial charge in [-0.05, 0) is 85.9 Å². The van der Waals surface area contributed by atoms with Crippen molar-refractivity contribution in [1.82, 2.24) is 0 Å². The van der Waals surface area contributed by atoms with Crippen LogP contribution in [0.1, 0.15) is 98.8 Å². The van der Waals surface area contributed by atoms with Crippen LogP contribution in [0.15, 0.2) is 23.8 Å². The summed E-state index contributed by atoms with van der Waals surface area (Å²) in [5.74, 6) is 5.70. The highest BCUT2D eigenvalue weighted by Gasteiger charge is 2.58. The van der Waals surface area contributed by atoms with Crippen molar-refractivity contribution >= 4 is 0 Å². The quantitative estimate of drug-likeness (QED) is 0.429. The molecular formula is C27H44. The van der Waals surface area contributed by atoms with E-state index in [9.17, 15) is 0 Å². The number of allylic oxidation sites excluding steroid dienone is 4. The maximum Gasteiger partial charge on any atom is 0.00936 e. The fourth-order valence-electron chi connectivity index (χ4n) is 8.36. The van der Waals surface area contributed by atoms with Gasteiger partial charge in [0.2, 0.25) is 0 Å². The molecule has 7 unspecified atom stereocenters. The lowest BCUT2D eigenvalue weighted by Crippen LogP contribution is -2.49. The molecule has 0 aromatic heterocycles. The molecule has 0 radical (unpaired) electrons. The number of rotatable bonds is 5. The van der Waals surface area contributed by atoms with E-state index in [1.165, 1.54) is 64.2 Å². The van der Waals surface area contributed by atoms with E-state index in [-0.39, 0.29) is 0 Å². The fraction of sp³-hybridized carbons (Fsp3) is 0.852. The standard InChI is InChI=1S/C27H44/c1-19(2)9-8-10-20(3)23-14-15-24-22-13-12-21-11-6-7-17-26(21,4)25(22)16-18-27(23,24)5/h7,11,17,19-20,22-25H,6,8-10,12-16,18H2,1-5H3. The third-order valence-corrected chi connectivity index (χ3v) is 9.81. The number of fused-ring (bicyclic) bond motifs is 5. The highest BCUT2D eigenvalue weighted by molar-refractivity contribution is 5.31. The highest BCUT2D eigenvalue weighted by Crippen LogP contribution is 2.67. The van der Waals surface area contributed by atoms with Crippen LogP contribution in [0, 0.1) is 46.3 Å². The van der Waals surface area contributed by atoms with Gasteiger partial charge in [-0.3, -0.25) is 0 Å². The molecule has 0 aliphatic heterocycles. The maximum absolute atomic E-state index is 2.72. The van der Waals surface area contributed by atoms with Gasteiger partial charge in [-0.25, -0.2) is 0 Å². The van der Waals surface area contributed by atoms with E-state index in [1.807, 2.05) is 0 Å². The molecule has 0 saturated heterocycles. The average molecular weight is 369 g/mol. The lowest BCUT2D eigenvalue weighted by Gasteiger charge is -2.57. The zero-order chi connectivity index (χ0) is 19.2. The minimum Gasteiger partial charge on any atom is -0.0839 e. The maximum atomic E-state index is 2.72. The third-order valence-electron chi connectivity index (χ3n) is 9.81. The van der Waals surface area contributed by atoms with Crippen LogP contribution in [0.2, 0.25) is 0 Å². The Labute approximate surface area is 169 Å². The summed E-state index contributed by atoms with van der Waals surface area (Å²) < 4.78 is 0. The molecule has 0 amide bonds. The normalized spacial score (nSPS) is 44.4. The van der Waals surface area contributed by atoms with Gasteiger partial charge in [0.15, 0.2) is 0 Å². The second-order valence-corrected chi connectivity index (χ2v) is 11.6. The van der Waals surface area contributed by atoms with Gasteiger partial charge in [-0.1, -0.05) is 77.7 Å². The van der Waals surface area contributed by atoms with Gasteiger partial charge in [0.1, 0.15) is 0 Å². The summed E-state index contributed by atoms with van der Waals surface area (Å²) in [6, 6.07) is 0. The largest absolute Gasteiger partial charge is 0.0839 e. The molecule has 0 nitrogen and oxygen atoms in total. The first kappa shape index (κ1) is 19.8. The molecule has 0 heterocycles. The average Bonchev–Trinajstić information content (AvgIpc) is 2.98. The molecule has 0 aromatic carbocycles. The summed E-state index contributed by atoms with van der Waals surface area (Å²) in [6.07, 6.45) is 22.0. The van der Waals surface area contributed by atoms with E-state index in [1.54, 1.807) is 5.57 Å². The number of hydrogen-bond donors (Lipinski definition) is 0. The topological polar surface area (TPSA) is 0 Å². The van der Waals surface area contributed by atoms with Crippen molar-refractivity contribution < 1.29 is 0 Å². The predicted octanol–water partition coefficient (Wildman–Crippen LogP) is 8.19. The molecule has 0 N–H and O–H groups in total. The second kappa shape index (κ2) is 7.38. The van der Waals surface area contributed by atoms with Crippen LogP contribution in [-0.2, 0) is 0 Å². The van der Waals surface area contributed by atoms with Crippen LogP contribution in [0.25, 0.3) is 0 Å². The lowest BCUT2D eigenvalue weighted by molar-refractivity contribution is -0.0437. The van der Waals surface area contributed by atoms with Crippen molar-refractivity contribution in [3.8, 4) is 0 Å². The first-order valence-corrected chi connectivity index (χ1v) is 12.2. The molecule has 3 fully saturated rings. The van der Waals surface area contributed by atoms with E-state index < -0.39 is 0 Å². The first-order chi connectivity index (χ1) is 12.9. The zero-order valence-electron chi connectivity index (χ0n) is 18.8. The minimum absolute atomic E-state index is 0.392. The van der Waals surface area contributed by atoms with Crippen LogP contribution in [0.4, 0.5) is 0 Å². The summed E-state index contributed by atoms with van der Waals surface area (Å²) in [5, 5.41) is 0. The van der Waals surface area contributed by atoms with Crippen molar-refractivity contribution in [2.24, 2.45) is 46.3 Å². The Morgan fingerprint density at radius 2 is 1.81 bits per heavy atom. The Bertz CT molecular complexity index is 595. The monoisotopic (exact) mass is 368 g/mol. The summed E-state index contributed by atoms with van der Waals surface area (Å²) >= 11 is 0. The molecule has 4 aliphatic rings. The Balaban J connectivity index is 1.49. The molecule has 152 valence electrons. The smallest absolute Gasteiger partial charge is 0.00936 e. The number of hydrogen-bond acceptors (Lipinski definition) is 0. The van der Waals surface area contributed by atoms with Crippen molar-refractivity contribution in [1.29, 1.82) is 0 Å². The van der Waals surface area contributed by atoms with Crippen molar-refractivity contribution in [2.75, 3.05) is 0 Å². The molecule has 0 bridgehead atoms. The summed E-state index contributed by atoms with van der Waals surface area (Å²) in [7, 11) is 0. The predicted molar refractivity (Wildman–Crippen MR) is 118 cm³/mol. The van der Waals surface area contributed by atoms with Gasteiger partial charge in [-0.15, -0.1) is 0 Å². The van der Waals surface area contributed by atoms with Crippen molar-refractivity contribution in [3.63, 3.8) is 0 Å². The van der Waals surface area contributed by atoms with E-state index in [4.69, 9.17) is 0 Å². The highest BCUT2D eigenvalue weighted by atomic mass is 14.6. The van der Waals surface area contributed by atoms with Crippen LogP contribution in [0.3, 0.4) is 0 Å². The lowest BCUT2D eigenvalue weighted by atomic mass is 9.47. The molecule has 3 saturated carbocycles. The van der Waals surface area contributed by atoms with E-state index in [0.717, 1.165) is 35.5 Å². The summed E-state index contributed by atoms with van der Waals surface area (Å²) in [4.78, 5) is 0. The van der Waals surface area contributed by atoms with Gasteiger partial charge in [0.05, 0.1) is 0 Å². The Hall–Kier alpha value is -0.520. The first-order valence-electron chi connectivity index (χ1n) is 12.2. The van der Waals surface area contributed by atoms with Crippen molar-refractivity contribution in [2.45, 2.75) is 98.8 Å². The van der Waals surface area contributed by atoms with Gasteiger partial charge in [0, 0.05) is 5.41 Å². The minimum atomic E-state index is 0.392. The molecule has 0 spiro atoms.